The van der Waals surface area contributed by atoms with Crippen LogP contribution in [0.4, 0.5) is 11.5 Å². The molecule has 1 aliphatic carbocycles. The lowest BCUT2D eigenvalue weighted by atomic mass is 9.97. The Labute approximate surface area is 207 Å². The van der Waals surface area contributed by atoms with Gasteiger partial charge in [0, 0.05) is 28.3 Å². The molecule has 4 rings (SSSR count). The first kappa shape index (κ1) is 24.5. The van der Waals surface area contributed by atoms with E-state index in [1.165, 1.54) is 16.5 Å². The zero-order chi connectivity index (χ0) is 24.2. The van der Waals surface area contributed by atoms with Crippen molar-refractivity contribution < 1.29 is 18.7 Å². The number of nitrogens with zero attached hydrogens (tertiary/aromatic N) is 3. The lowest BCUT2D eigenvalue weighted by Gasteiger charge is -2.13. The average molecular weight is 523 g/mol. The van der Waals surface area contributed by atoms with E-state index in [0.717, 1.165) is 41.5 Å². The van der Waals surface area contributed by atoms with Crippen molar-refractivity contribution in [2.24, 2.45) is 0 Å². The second-order valence-corrected chi connectivity index (χ2v) is 10.8. The lowest BCUT2D eigenvalue weighted by Crippen LogP contribution is -2.16. The summed E-state index contributed by atoms with van der Waals surface area (Å²) in [5.41, 5.74) is 1.86. The van der Waals surface area contributed by atoms with Crippen LogP contribution in [-0.2, 0) is 45.5 Å². The number of anilines is 1. The van der Waals surface area contributed by atoms with Crippen LogP contribution in [0.25, 0.3) is 10.2 Å². The number of aromatic nitrogens is 2. The van der Waals surface area contributed by atoms with Crippen LogP contribution in [0, 0.1) is 10.1 Å². The predicted molar refractivity (Wildman–Crippen MR) is 133 cm³/mol. The van der Waals surface area contributed by atoms with Gasteiger partial charge in [-0.2, -0.15) is 0 Å². The van der Waals surface area contributed by atoms with Crippen molar-refractivity contribution in [3.8, 4) is 0 Å². The third-order valence-electron chi connectivity index (χ3n) is 5.40. The molecular formula is C22H23ClN4O5S2. The van der Waals surface area contributed by atoms with Gasteiger partial charge in [0.15, 0.2) is 0 Å². The Balaban J connectivity index is 1.62. The van der Waals surface area contributed by atoms with E-state index in [0.29, 0.717) is 18.2 Å². The Morgan fingerprint density at radius 3 is 2.85 bits per heavy atom. The van der Waals surface area contributed by atoms with Crippen molar-refractivity contribution in [3.63, 3.8) is 0 Å². The van der Waals surface area contributed by atoms with Crippen LogP contribution in [0.3, 0.4) is 0 Å². The van der Waals surface area contributed by atoms with Crippen LogP contribution in [0.2, 0.25) is 5.02 Å². The van der Waals surface area contributed by atoms with E-state index in [-0.39, 0.29) is 28.8 Å². The number of fused-ring (bicyclic) bond motifs is 3. The number of aryl methyl sites for hydroxylation is 2. The van der Waals surface area contributed by atoms with Crippen LogP contribution in [0.5, 0.6) is 0 Å². The Kier molecular flexibility index (Phi) is 7.74. The molecule has 1 aliphatic rings. The molecule has 1 unspecified atom stereocenters. The van der Waals surface area contributed by atoms with Crippen LogP contribution < -0.4 is 5.32 Å². The highest BCUT2D eigenvalue weighted by Crippen LogP contribution is 2.39. The van der Waals surface area contributed by atoms with Gasteiger partial charge in [-0.1, -0.05) is 17.7 Å². The van der Waals surface area contributed by atoms with Crippen molar-refractivity contribution in [1.29, 1.82) is 0 Å². The van der Waals surface area contributed by atoms with Crippen molar-refractivity contribution in [3.05, 3.63) is 55.2 Å². The Morgan fingerprint density at radius 2 is 2.12 bits per heavy atom. The van der Waals surface area contributed by atoms with E-state index in [1.807, 2.05) is 0 Å². The summed E-state index contributed by atoms with van der Waals surface area (Å²) in [7, 11) is -1.50. The molecule has 1 aromatic carbocycles. The highest BCUT2D eigenvalue weighted by Gasteiger charge is 2.22. The minimum absolute atomic E-state index is 0.0371. The summed E-state index contributed by atoms with van der Waals surface area (Å²) in [4.78, 5) is 33.6. The number of carbonyl (C=O) groups is 1. The second-order valence-electron chi connectivity index (χ2n) is 7.81. The molecular weight excluding hydrogens is 500 g/mol. The molecule has 0 spiro atoms. The first-order valence-electron chi connectivity index (χ1n) is 10.8. The topological polar surface area (TPSA) is 124 Å². The average Bonchev–Trinajstić information content (AvgIpc) is 3.15. The standard InChI is InChI=1S/C22H23ClN4O5S2/c1-2-32-19(28)12-34(31)11-18-25-21(20-14-5-3-4-6-17(14)33-22(20)26-18)24-10-13-7-8-16(27(29)30)15(23)9-13/h7-9H,2-6,10-12H2,1H3,(H,24,25,26). The zero-order valence-electron chi connectivity index (χ0n) is 18.5. The largest absolute Gasteiger partial charge is 0.465 e. The molecule has 1 N–H and O–H groups in total. The number of thiophene rings is 1. The van der Waals surface area contributed by atoms with Gasteiger partial charge in [0.05, 0.1) is 22.7 Å². The molecule has 0 aliphatic heterocycles. The quantitative estimate of drug-likeness (QED) is 0.246. The molecule has 180 valence electrons. The number of carbonyl (C=O) groups excluding carboxylic acids is 1. The minimum Gasteiger partial charge on any atom is -0.465 e. The van der Waals surface area contributed by atoms with E-state index in [1.54, 1.807) is 30.4 Å². The molecule has 0 amide bonds. The number of halogens is 1. The normalized spacial score (nSPS) is 13.9. The van der Waals surface area contributed by atoms with Gasteiger partial charge in [0.1, 0.15) is 27.2 Å². The van der Waals surface area contributed by atoms with Crippen LogP contribution in [0.1, 0.15) is 41.6 Å². The molecule has 0 bridgehead atoms. The van der Waals surface area contributed by atoms with E-state index < -0.39 is 21.7 Å². The van der Waals surface area contributed by atoms with Crippen LogP contribution >= 0.6 is 22.9 Å². The smallest absolute Gasteiger partial charge is 0.318 e. The van der Waals surface area contributed by atoms with Gasteiger partial charge in [0.25, 0.3) is 5.69 Å². The summed E-state index contributed by atoms with van der Waals surface area (Å²) < 4.78 is 17.4. The highest BCUT2D eigenvalue weighted by molar-refractivity contribution is 7.84. The van der Waals surface area contributed by atoms with Gasteiger partial charge < -0.3 is 10.1 Å². The monoisotopic (exact) mass is 522 g/mol. The first-order chi connectivity index (χ1) is 16.4. The van der Waals surface area contributed by atoms with E-state index in [2.05, 4.69) is 15.3 Å². The fourth-order valence-electron chi connectivity index (χ4n) is 3.92. The maximum absolute atomic E-state index is 12.5. The number of esters is 1. The second kappa shape index (κ2) is 10.7. The number of nitrogens with one attached hydrogen (secondary N) is 1. The van der Waals surface area contributed by atoms with Crippen molar-refractivity contribution in [1.82, 2.24) is 9.97 Å². The molecule has 2 heterocycles. The van der Waals surface area contributed by atoms with E-state index >= 15 is 0 Å². The molecule has 9 nitrogen and oxygen atoms in total. The summed E-state index contributed by atoms with van der Waals surface area (Å²) >= 11 is 7.69. The SMILES string of the molecule is CCOC(=O)CS(=O)Cc1nc(NCc2ccc([N+](=O)[O-])c(Cl)c2)c2c3c(sc2n1)CCCC3. The molecule has 0 radical (unpaired) electrons. The molecule has 12 heteroatoms. The number of nitro groups is 1. The maximum atomic E-state index is 12.5. The Hall–Kier alpha value is -2.63. The fourth-order valence-corrected chi connectivity index (χ4v) is 6.33. The number of nitro benzene ring substituents is 1. The first-order valence-corrected chi connectivity index (χ1v) is 13.5. The van der Waals surface area contributed by atoms with Gasteiger partial charge in [-0.25, -0.2) is 9.97 Å². The number of hydrogen-bond donors (Lipinski definition) is 1. The van der Waals surface area contributed by atoms with E-state index in [9.17, 15) is 19.1 Å². The summed E-state index contributed by atoms with van der Waals surface area (Å²) in [5, 5.41) is 15.4. The Bertz CT molecular complexity index is 1280. The zero-order valence-corrected chi connectivity index (χ0v) is 20.9. The van der Waals surface area contributed by atoms with Gasteiger partial charge in [0.2, 0.25) is 0 Å². The van der Waals surface area contributed by atoms with E-state index in [4.69, 9.17) is 16.3 Å². The number of benzene rings is 1. The summed E-state index contributed by atoms with van der Waals surface area (Å²) in [6.07, 6.45) is 4.18. The molecule has 34 heavy (non-hydrogen) atoms. The van der Waals surface area contributed by atoms with Crippen molar-refractivity contribution >= 4 is 61.4 Å². The van der Waals surface area contributed by atoms with Gasteiger partial charge in [-0.3, -0.25) is 19.1 Å². The lowest BCUT2D eigenvalue weighted by molar-refractivity contribution is -0.384. The highest BCUT2D eigenvalue weighted by atomic mass is 35.5. The van der Waals surface area contributed by atoms with Gasteiger partial charge in [-0.05, 0) is 49.8 Å². The predicted octanol–water partition coefficient (Wildman–Crippen LogP) is 4.56. The minimum atomic E-state index is -1.50. The molecule has 0 saturated heterocycles. The maximum Gasteiger partial charge on any atom is 0.318 e. The molecule has 3 aromatic rings. The number of ether oxygens (including phenoxy) is 1. The Morgan fingerprint density at radius 1 is 1.32 bits per heavy atom. The molecule has 0 fully saturated rings. The van der Waals surface area contributed by atoms with Crippen LogP contribution in [-0.4, -0.2) is 37.4 Å². The third kappa shape index (κ3) is 5.53. The van der Waals surface area contributed by atoms with Crippen molar-refractivity contribution in [2.45, 2.75) is 44.9 Å². The van der Waals surface area contributed by atoms with Crippen molar-refractivity contribution in [2.75, 3.05) is 17.7 Å². The molecule has 0 saturated carbocycles. The fraction of sp³-hybridized carbons (Fsp3) is 0.409. The summed E-state index contributed by atoms with van der Waals surface area (Å²) in [5.74, 6) is 0.331. The number of hydrogen-bond acceptors (Lipinski definition) is 9. The number of rotatable bonds is 9. The molecule has 1 atom stereocenters. The van der Waals surface area contributed by atoms with Gasteiger partial charge >= 0.3 is 5.97 Å². The third-order valence-corrected chi connectivity index (χ3v) is 8.03. The van der Waals surface area contributed by atoms with Gasteiger partial charge in [-0.15, -0.1) is 11.3 Å². The van der Waals surface area contributed by atoms with Crippen LogP contribution in [0.15, 0.2) is 18.2 Å². The summed E-state index contributed by atoms with van der Waals surface area (Å²) in [6, 6.07) is 4.59. The summed E-state index contributed by atoms with van der Waals surface area (Å²) in [6.45, 7) is 2.28. The molecule has 2 aromatic heterocycles.